The summed E-state index contributed by atoms with van der Waals surface area (Å²) in [5.74, 6) is -0.227. The van der Waals surface area contributed by atoms with Gasteiger partial charge in [-0.2, -0.15) is 4.31 Å². The van der Waals surface area contributed by atoms with E-state index in [1.165, 1.54) is 46.8 Å². The molecule has 0 saturated heterocycles. The first-order chi connectivity index (χ1) is 14.4. The predicted molar refractivity (Wildman–Crippen MR) is 119 cm³/mol. The van der Waals surface area contributed by atoms with Crippen LogP contribution in [0, 0.1) is 0 Å². The normalized spacial score (nSPS) is 17.5. The molecule has 0 atom stereocenters. The van der Waals surface area contributed by atoms with E-state index in [1.54, 1.807) is 19.2 Å². The summed E-state index contributed by atoms with van der Waals surface area (Å²) < 4.78 is 27.4. The van der Waals surface area contributed by atoms with E-state index in [4.69, 9.17) is 0 Å². The van der Waals surface area contributed by atoms with Crippen molar-refractivity contribution in [3.8, 4) is 0 Å². The molecule has 0 unspecified atom stereocenters. The Morgan fingerprint density at radius 2 is 1.57 bits per heavy atom. The van der Waals surface area contributed by atoms with Gasteiger partial charge in [-0.05, 0) is 86.1 Å². The molecule has 0 aromatic heterocycles. The van der Waals surface area contributed by atoms with Crippen molar-refractivity contribution in [2.75, 3.05) is 12.4 Å². The van der Waals surface area contributed by atoms with Gasteiger partial charge >= 0.3 is 0 Å². The number of nitrogens with one attached hydrogen (secondary N) is 1. The molecule has 160 valence electrons. The van der Waals surface area contributed by atoms with Gasteiger partial charge in [-0.1, -0.05) is 25.3 Å². The fourth-order valence-electron chi connectivity index (χ4n) is 4.60. The van der Waals surface area contributed by atoms with E-state index in [1.807, 2.05) is 6.07 Å². The molecule has 5 nitrogen and oxygen atoms in total. The van der Waals surface area contributed by atoms with Crippen LogP contribution in [0.3, 0.4) is 0 Å². The van der Waals surface area contributed by atoms with Crippen LogP contribution in [0.25, 0.3) is 0 Å². The second kappa shape index (κ2) is 8.90. The van der Waals surface area contributed by atoms with E-state index in [-0.39, 0.29) is 16.8 Å². The van der Waals surface area contributed by atoms with Crippen LogP contribution >= 0.6 is 0 Å². The SMILES string of the molecule is CN(C1CCCCC1)S(=O)(=O)c1ccc(C(=O)Nc2ccc3c(c2)CCCC3)cc1. The summed E-state index contributed by atoms with van der Waals surface area (Å²) in [7, 11) is -1.88. The Labute approximate surface area is 179 Å². The summed E-state index contributed by atoms with van der Waals surface area (Å²) in [5, 5.41) is 2.94. The smallest absolute Gasteiger partial charge is 0.255 e. The first-order valence-corrected chi connectivity index (χ1v) is 12.4. The highest BCUT2D eigenvalue weighted by Crippen LogP contribution is 2.27. The minimum atomic E-state index is -3.55. The fourth-order valence-corrected chi connectivity index (χ4v) is 6.02. The van der Waals surface area contributed by atoms with Gasteiger partial charge in [-0.25, -0.2) is 8.42 Å². The molecule has 6 heteroatoms. The van der Waals surface area contributed by atoms with Crippen LogP contribution in [0.1, 0.15) is 66.4 Å². The molecule has 1 N–H and O–H groups in total. The number of fused-ring (bicyclic) bond motifs is 1. The predicted octanol–water partition coefficient (Wildman–Crippen LogP) is 4.77. The average Bonchev–Trinajstić information content (AvgIpc) is 2.79. The van der Waals surface area contributed by atoms with Crippen LogP contribution in [0.15, 0.2) is 47.4 Å². The standard InChI is InChI=1S/C24H30N2O3S/c1-26(22-9-3-2-4-10-22)30(28,29)23-15-12-19(13-16-23)24(27)25-21-14-11-18-7-5-6-8-20(18)17-21/h11-17,22H,2-10H2,1H3,(H,25,27). The fraction of sp³-hybridized carbons (Fsp3) is 0.458. The number of aryl methyl sites for hydroxylation is 2. The molecule has 1 fully saturated rings. The second-order valence-corrected chi connectivity index (χ2v) is 10.5. The third-order valence-corrected chi connectivity index (χ3v) is 8.41. The molecule has 2 aromatic rings. The second-order valence-electron chi connectivity index (χ2n) is 8.48. The summed E-state index contributed by atoms with van der Waals surface area (Å²) in [6.07, 6.45) is 9.74. The number of nitrogens with zero attached hydrogens (tertiary/aromatic N) is 1. The molecule has 0 aliphatic heterocycles. The van der Waals surface area contributed by atoms with Crippen molar-refractivity contribution < 1.29 is 13.2 Å². The number of rotatable bonds is 5. The monoisotopic (exact) mass is 426 g/mol. The Bertz CT molecular complexity index is 1010. The number of amides is 1. The number of benzene rings is 2. The van der Waals surface area contributed by atoms with Gasteiger partial charge in [-0.15, -0.1) is 0 Å². The topological polar surface area (TPSA) is 66.5 Å². The highest BCUT2D eigenvalue weighted by molar-refractivity contribution is 7.89. The van der Waals surface area contributed by atoms with Crippen LogP contribution in [0.4, 0.5) is 5.69 Å². The number of carbonyl (C=O) groups excluding carboxylic acids is 1. The molecule has 0 radical (unpaired) electrons. The van der Waals surface area contributed by atoms with Gasteiger partial charge < -0.3 is 5.32 Å². The lowest BCUT2D eigenvalue weighted by Crippen LogP contribution is -2.38. The lowest BCUT2D eigenvalue weighted by molar-refractivity contribution is 0.102. The number of carbonyl (C=O) groups is 1. The Morgan fingerprint density at radius 1 is 0.900 bits per heavy atom. The van der Waals surface area contributed by atoms with E-state index in [9.17, 15) is 13.2 Å². The minimum absolute atomic E-state index is 0.0655. The van der Waals surface area contributed by atoms with Crippen molar-refractivity contribution in [1.29, 1.82) is 0 Å². The number of anilines is 1. The molecule has 0 bridgehead atoms. The van der Waals surface area contributed by atoms with Gasteiger partial charge in [0.25, 0.3) is 5.91 Å². The molecule has 0 spiro atoms. The zero-order chi connectivity index (χ0) is 21.1. The molecule has 4 rings (SSSR count). The molecule has 0 heterocycles. The van der Waals surface area contributed by atoms with E-state index >= 15 is 0 Å². The minimum Gasteiger partial charge on any atom is -0.322 e. The van der Waals surface area contributed by atoms with Gasteiger partial charge in [0.2, 0.25) is 10.0 Å². The average molecular weight is 427 g/mol. The molecule has 2 aromatic carbocycles. The zero-order valence-electron chi connectivity index (χ0n) is 17.6. The third-order valence-electron chi connectivity index (χ3n) is 6.49. The van der Waals surface area contributed by atoms with E-state index < -0.39 is 10.0 Å². The van der Waals surface area contributed by atoms with Crippen molar-refractivity contribution >= 4 is 21.6 Å². The maximum absolute atomic E-state index is 13.0. The molecule has 1 saturated carbocycles. The number of sulfonamides is 1. The maximum atomic E-state index is 13.0. The lowest BCUT2D eigenvalue weighted by atomic mass is 9.91. The van der Waals surface area contributed by atoms with Crippen LogP contribution in [-0.4, -0.2) is 31.7 Å². The summed E-state index contributed by atoms with van der Waals surface area (Å²) in [4.78, 5) is 12.9. The van der Waals surface area contributed by atoms with Crippen molar-refractivity contribution in [2.45, 2.75) is 68.7 Å². The van der Waals surface area contributed by atoms with E-state index in [2.05, 4.69) is 17.4 Å². The van der Waals surface area contributed by atoms with Gasteiger partial charge in [0.1, 0.15) is 0 Å². The van der Waals surface area contributed by atoms with Crippen molar-refractivity contribution in [1.82, 2.24) is 4.31 Å². The Balaban J connectivity index is 1.45. The summed E-state index contributed by atoms with van der Waals surface area (Å²) >= 11 is 0. The lowest BCUT2D eigenvalue weighted by Gasteiger charge is -2.30. The summed E-state index contributed by atoms with van der Waals surface area (Å²) in [5.41, 5.74) is 3.92. The summed E-state index contributed by atoms with van der Waals surface area (Å²) in [6.45, 7) is 0. The number of hydrogen-bond donors (Lipinski definition) is 1. The van der Waals surface area contributed by atoms with E-state index in [0.717, 1.165) is 44.2 Å². The van der Waals surface area contributed by atoms with Gasteiger partial charge in [0.15, 0.2) is 0 Å². The molecule has 1 amide bonds. The molecular formula is C24H30N2O3S. The van der Waals surface area contributed by atoms with Crippen molar-refractivity contribution in [2.24, 2.45) is 0 Å². The van der Waals surface area contributed by atoms with E-state index in [0.29, 0.717) is 5.56 Å². The third kappa shape index (κ3) is 4.44. The van der Waals surface area contributed by atoms with Gasteiger partial charge in [0.05, 0.1) is 4.90 Å². The van der Waals surface area contributed by atoms with Gasteiger partial charge in [0, 0.05) is 24.3 Å². The first-order valence-electron chi connectivity index (χ1n) is 11.0. The van der Waals surface area contributed by atoms with Crippen LogP contribution in [-0.2, 0) is 22.9 Å². The van der Waals surface area contributed by atoms with Gasteiger partial charge in [-0.3, -0.25) is 4.79 Å². The quantitative estimate of drug-likeness (QED) is 0.749. The Morgan fingerprint density at radius 3 is 2.27 bits per heavy atom. The molecule has 30 heavy (non-hydrogen) atoms. The largest absolute Gasteiger partial charge is 0.322 e. The zero-order valence-corrected chi connectivity index (χ0v) is 18.4. The summed E-state index contributed by atoms with van der Waals surface area (Å²) in [6, 6.07) is 12.4. The highest BCUT2D eigenvalue weighted by atomic mass is 32.2. The maximum Gasteiger partial charge on any atom is 0.255 e. The highest BCUT2D eigenvalue weighted by Gasteiger charge is 2.29. The molecular weight excluding hydrogens is 396 g/mol. The first kappa shape index (κ1) is 21.1. The Hall–Kier alpha value is -2.18. The molecule has 2 aliphatic rings. The van der Waals surface area contributed by atoms with Crippen LogP contribution in [0.5, 0.6) is 0 Å². The van der Waals surface area contributed by atoms with Crippen LogP contribution < -0.4 is 5.32 Å². The van der Waals surface area contributed by atoms with Crippen molar-refractivity contribution in [3.05, 3.63) is 59.2 Å². The van der Waals surface area contributed by atoms with Crippen molar-refractivity contribution in [3.63, 3.8) is 0 Å². The van der Waals surface area contributed by atoms with Crippen LogP contribution in [0.2, 0.25) is 0 Å². The molecule has 2 aliphatic carbocycles. The Kier molecular flexibility index (Phi) is 6.25. The number of hydrogen-bond acceptors (Lipinski definition) is 3.